The molecule has 2 rings (SSSR count). The van der Waals surface area contributed by atoms with Gasteiger partial charge in [-0.15, -0.1) is 0 Å². The highest BCUT2D eigenvalue weighted by Gasteiger charge is 2.34. The van der Waals surface area contributed by atoms with Crippen molar-refractivity contribution in [3.05, 3.63) is 35.4 Å². The molecule has 0 bridgehead atoms. The Kier molecular flexibility index (Phi) is 2.67. The lowest BCUT2D eigenvalue weighted by atomic mass is 10.00. The van der Waals surface area contributed by atoms with Crippen molar-refractivity contribution in [1.29, 1.82) is 0 Å². The van der Waals surface area contributed by atoms with Gasteiger partial charge < -0.3 is 0 Å². The topological polar surface area (TPSA) is 57.7 Å². The normalized spacial score (nSPS) is 14.6. The van der Waals surface area contributed by atoms with Crippen molar-refractivity contribution in [2.24, 2.45) is 0 Å². The van der Waals surface area contributed by atoms with Gasteiger partial charge in [0.05, 0.1) is 6.42 Å². The van der Waals surface area contributed by atoms with Crippen LogP contribution in [0.25, 0.3) is 0 Å². The van der Waals surface area contributed by atoms with E-state index in [1.807, 2.05) is 0 Å². The highest BCUT2D eigenvalue weighted by Crippen LogP contribution is 2.20. The van der Waals surface area contributed by atoms with Crippen molar-refractivity contribution in [3.8, 4) is 0 Å². The number of benzene rings is 1. The summed E-state index contributed by atoms with van der Waals surface area (Å²) in [6, 6.07) is 6.92. The van der Waals surface area contributed by atoms with Gasteiger partial charge in [-0.2, -0.15) is 5.01 Å². The van der Waals surface area contributed by atoms with E-state index in [1.165, 1.54) is 14.0 Å². The first-order valence-corrected chi connectivity index (χ1v) is 5.21. The van der Waals surface area contributed by atoms with Gasteiger partial charge in [-0.25, -0.2) is 5.01 Å². The molecule has 1 aromatic rings. The van der Waals surface area contributed by atoms with Crippen molar-refractivity contribution in [1.82, 2.24) is 10.0 Å². The highest BCUT2D eigenvalue weighted by molar-refractivity contribution is 6.10. The maximum absolute atomic E-state index is 12.1. The molecule has 0 fully saturated rings. The summed E-state index contributed by atoms with van der Waals surface area (Å²) in [6.07, 6.45) is 0.138. The fourth-order valence-corrected chi connectivity index (χ4v) is 1.79. The number of hydrazine groups is 1. The Morgan fingerprint density at radius 1 is 1.29 bits per heavy atom. The summed E-state index contributed by atoms with van der Waals surface area (Å²) >= 11 is 0. The van der Waals surface area contributed by atoms with Gasteiger partial charge in [-0.1, -0.05) is 18.2 Å². The maximum atomic E-state index is 12.1. The number of hydrogen-bond donors (Lipinski definition) is 0. The number of imide groups is 1. The molecule has 3 amide bonds. The van der Waals surface area contributed by atoms with Crippen molar-refractivity contribution in [2.45, 2.75) is 13.3 Å². The summed E-state index contributed by atoms with van der Waals surface area (Å²) < 4.78 is 0. The predicted molar refractivity (Wildman–Crippen MR) is 59.8 cm³/mol. The fraction of sp³-hybridized carbons (Fsp3) is 0.250. The number of carbonyl (C=O) groups excluding carboxylic acids is 3. The lowest BCUT2D eigenvalue weighted by Gasteiger charge is -2.32. The molecule has 0 atom stereocenters. The van der Waals surface area contributed by atoms with Crippen molar-refractivity contribution >= 4 is 17.7 Å². The average Bonchev–Trinajstić information content (AvgIpc) is 2.28. The van der Waals surface area contributed by atoms with Gasteiger partial charge >= 0.3 is 0 Å². The Hall–Kier alpha value is -2.17. The molecule has 1 heterocycles. The minimum atomic E-state index is -0.449. The molecule has 1 aliphatic rings. The van der Waals surface area contributed by atoms with E-state index in [2.05, 4.69) is 0 Å². The summed E-state index contributed by atoms with van der Waals surface area (Å²) in [6.45, 7) is 1.31. The maximum Gasteiger partial charge on any atom is 0.279 e. The molecule has 0 spiro atoms. The number of rotatable bonds is 1. The SMILES string of the molecule is CC(=O)N(C)N1C(=O)Cc2ccccc2C1=O. The number of hydrogen-bond acceptors (Lipinski definition) is 3. The van der Waals surface area contributed by atoms with Crippen LogP contribution in [-0.2, 0) is 16.0 Å². The molecule has 17 heavy (non-hydrogen) atoms. The monoisotopic (exact) mass is 232 g/mol. The van der Waals surface area contributed by atoms with E-state index in [-0.39, 0.29) is 18.2 Å². The van der Waals surface area contributed by atoms with Crippen molar-refractivity contribution in [3.63, 3.8) is 0 Å². The molecular formula is C12H12N2O3. The van der Waals surface area contributed by atoms with E-state index in [9.17, 15) is 14.4 Å². The zero-order chi connectivity index (χ0) is 12.6. The van der Waals surface area contributed by atoms with E-state index >= 15 is 0 Å². The molecule has 0 N–H and O–H groups in total. The summed E-state index contributed by atoms with van der Waals surface area (Å²) in [7, 11) is 1.41. The second kappa shape index (κ2) is 4.01. The van der Waals surface area contributed by atoms with Crippen LogP contribution < -0.4 is 0 Å². The minimum Gasteiger partial charge on any atom is -0.273 e. The van der Waals surface area contributed by atoms with Crippen LogP contribution in [0.15, 0.2) is 24.3 Å². The first-order chi connectivity index (χ1) is 8.02. The van der Waals surface area contributed by atoms with Crippen LogP contribution in [0.1, 0.15) is 22.8 Å². The molecule has 5 heteroatoms. The highest BCUT2D eigenvalue weighted by atomic mass is 16.2. The predicted octanol–water partition coefficient (Wildman–Crippen LogP) is 0.605. The zero-order valence-electron chi connectivity index (χ0n) is 9.64. The standard InChI is InChI=1S/C12H12N2O3/c1-8(15)13(2)14-11(16)7-9-5-3-4-6-10(9)12(14)17/h3-6H,7H2,1-2H3. The van der Waals surface area contributed by atoms with Gasteiger partial charge in [-0.05, 0) is 11.6 Å². The van der Waals surface area contributed by atoms with Gasteiger partial charge in [0.15, 0.2) is 0 Å². The molecular weight excluding hydrogens is 220 g/mol. The molecule has 1 aromatic carbocycles. The van der Waals surface area contributed by atoms with E-state index in [0.29, 0.717) is 11.1 Å². The van der Waals surface area contributed by atoms with Crippen LogP contribution in [0.4, 0.5) is 0 Å². The Morgan fingerprint density at radius 3 is 2.59 bits per heavy atom. The Bertz CT molecular complexity index is 510. The van der Waals surface area contributed by atoms with Crippen LogP contribution >= 0.6 is 0 Å². The Morgan fingerprint density at radius 2 is 1.94 bits per heavy atom. The lowest BCUT2D eigenvalue weighted by Crippen LogP contribution is -2.53. The average molecular weight is 232 g/mol. The smallest absolute Gasteiger partial charge is 0.273 e. The number of nitrogens with zero attached hydrogens (tertiary/aromatic N) is 2. The third-order valence-corrected chi connectivity index (χ3v) is 2.77. The van der Waals surface area contributed by atoms with Gasteiger partial charge in [0.1, 0.15) is 0 Å². The zero-order valence-corrected chi connectivity index (χ0v) is 9.64. The third-order valence-electron chi connectivity index (χ3n) is 2.77. The number of fused-ring (bicyclic) bond motifs is 1. The van der Waals surface area contributed by atoms with E-state index in [4.69, 9.17) is 0 Å². The Labute approximate surface area is 98.6 Å². The van der Waals surface area contributed by atoms with Crippen LogP contribution in [0.5, 0.6) is 0 Å². The molecule has 0 radical (unpaired) electrons. The lowest BCUT2D eigenvalue weighted by molar-refractivity contribution is -0.153. The van der Waals surface area contributed by atoms with Crippen molar-refractivity contribution in [2.75, 3.05) is 7.05 Å². The van der Waals surface area contributed by atoms with Crippen LogP contribution in [-0.4, -0.2) is 34.8 Å². The fourth-order valence-electron chi connectivity index (χ4n) is 1.79. The molecule has 5 nitrogen and oxygen atoms in total. The molecule has 0 aromatic heterocycles. The third kappa shape index (κ3) is 1.80. The van der Waals surface area contributed by atoms with Gasteiger partial charge in [-0.3, -0.25) is 14.4 Å². The summed E-state index contributed by atoms with van der Waals surface area (Å²) in [5.74, 6) is -1.19. The summed E-state index contributed by atoms with van der Waals surface area (Å²) in [5, 5.41) is 1.94. The number of amides is 3. The molecule has 0 aliphatic carbocycles. The summed E-state index contributed by atoms with van der Waals surface area (Å²) in [5.41, 5.74) is 1.18. The molecule has 0 saturated heterocycles. The van der Waals surface area contributed by atoms with Gasteiger partial charge in [0.2, 0.25) is 5.91 Å². The summed E-state index contributed by atoms with van der Waals surface area (Å²) in [4.78, 5) is 35.1. The second-order valence-corrected chi connectivity index (χ2v) is 3.89. The first kappa shape index (κ1) is 11.3. The van der Waals surface area contributed by atoms with Crippen LogP contribution in [0.2, 0.25) is 0 Å². The molecule has 0 saturated carbocycles. The number of carbonyl (C=O) groups is 3. The van der Waals surface area contributed by atoms with E-state index < -0.39 is 5.91 Å². The van der Waals surface area contributed by atoms with E-state index in [0.717, 1.165) is 10.0 Å². The van der Waals surface area contributed by atoms with E-state index in [1.54, 1.807) is 24.3 Å². The van der Waals surface area contributed by atoms with Crippen LogP contribution in [0.3, 0.4) is 0 Å². The minimum absolute atomic E-state index is 0.138. The second-order valence-electron chi connectivity index (χ2n) is 3.89. The van der Waals surface area contributed by atoms with Gasteiger partial charge in [0, 0.05) is 19.5 Å². The largest absolute Gasteiger partial charge is 0.279 e. The molecule has 1 aliphatic heterocycles. The van der Waals surface area contributed by atoms with Crippen LogP contribution in [0, 0.1) is 0 Å². The van der Waals surface area contributed by atoms with Crippen molar-refractivity contribution < 1.29 is 14.4 Å². The first-order valence-electron chi connectivity index (χ1n) is 5.21. The van der Waals surface area contributed by atoms with Gasteiger partial charge in [0.25, 0.3) is 11.8 Å². The quantitative estimate of drug-likeness (QED) is 0.666. The Balaban J connectivity index is 2.43. The molecule has 88 valence electrons. The molecule has 0 unspecified atom stereocenters.